The van der Waals surface area contributed by atoms with E-state index in [9.17, 15) is 13.2 Å². The maximum absolute atomic E-state index is 12.3. The Bertz CT molecular complexity index is 653. The van der Waals surface area contributed by atoms with Gasteiger partial charge in [-0.2, -0.15) is 12.7 Å². The maximum Gasteiger partial charge on any atom is 0.307 e. The van der Waals surface area contributed by atoms with Crippen LogP contribution in [-0.2, 0) is 15.0 Å². The lowest BCUT2D eigenvalue weighted by atomic mass is 10.0. The zero-order chi connectivity index (χ0) is 15.6. The Kier molecular flexibility index (Phi) is 5.13. The molecule has 0 aromatic heterocycles. The highest BCUT2D eigenvalue weighted by atomic mass is 79.9. The highest BCUT2D eigenvalue weighted by molar-refractivity contribution is 9.10. The first-order chi connectivity index (χ1) is 9.81. The predicted molar refractivity (Wildman–Crippen MR) is 83.6 cm³/mol. The Labute approximate surface area is 136 Å². The van der Waals surface area contributed by atoms with Crippen LogP contribution in [0.2, 0.25) is 5.02 Å². The molecule has 1 aromatic carbocycles. The van der Waals surface area contributed by atoms with Crippen molar-refractivity contribution in [3.05, 3.63) is 27.7 Å². The molecule has 1 fully saturated rings. The molecule has 1 unspecified atom stereocenters. The summed E-state index contributed by atoms with van der Waals surface area (Å²) in [7, 11) is -3.81. The first kappa shape index (κ1) is 16.5. The fourth-order valence-corrected chi connectivity index (χ4v) is 4.14. The van der Waals surface area contributed by atoms with E-state index < -0.39 is 22.1 Å². The first-order valence-corrected chi connectivity index (χ1v) is 8.87. The van der Waals surface area contributed by atoms with Gasteiger partial charge in [0.2, 0.25) is 0 Å². The number of carboxylic acid groups (broad SMARTS) is 1. The van der Waals surface area contributed by atoms with Gasteiger partial charge in [0.25, 0.3) is 0 Å². The van der Waals surface area contributed by atoms with Gasteiger partial charge in [-0.25, -0.2) is 0 Å². The molecule has 0 saturated carbocycles. The second kappa shape index (κ2) is 6.51. The monoisotopic (exact) mass is 396 g/mol. The van der Waals surface area contributed by atoms with Crippen LogP contribution in [-0.4, -0.2) is 36.9 Å². The Morgan fingerprint density at radius 1 is 1.48 bits per heavy atom. The molecule has 116 valence electrons. The van der Waals surface area contributed by atoms with Crippen LogP contribution >= 0.6 is 27.5 Å². The predicted octanol–water partition coefficient (Wildman–Crippen LogP) is 2.56. The van der Waals surface area contributed by atoms with Gasteiger partial charge in [-0.15, -0.1) is 0 Å². The molecule has 0 bridgehead atoms. The van der Waals surface area contributed by atoms with Crippen LogP contribution in [0, 0.1) is 5.92 Å². The average Bonchev–Trinajstić information content (AvgIpc) is 2.44. The Morgan fingerprint density at radius 2 is 2.19 bits per heavy atom. The molecule has 21 heavy (non-hydrogen) atoms. The van der Waals surface area contributed by atoms with Gasteiger partial charge in [0.15, 0.2) is 0 Å². The number of carboxylic acids is 1. The van der Waals surface area contributed by atoms with Crippen molar-refractivity contribution in [2.24, 2.45) is 5.92 Å². The summed E-state index contributed by atoms with van der Waals surface area (Å²) in [6, 6.07) is 4.83. The molecule has 6 nitrogen and oxygen atoms in total. The second-order valence-corrected chi connectivity index (χ2v) is 7.61. The van der Waals surface area contributed by atoms with Crippen molar-refractivity contribution in [3.63, 3.8) is 0 Å². The molecule has 0 radical (unpaired) electrons. The molecular formula is C12H14BrClN2O4S. The van der Waals surface area contributed by atoms with Crippen LogP contribution in [0.25, 0.3) is 0 Å². The van der Waals surface area contributed by atoms with Crippen molar-refractivity contribution in [2.75, 3.05) is 17.8 Å². The zero-order valence-corrected chi connectivity index (χ0v) is 14.1. The number of anilines is 1. The third-order valence-corrected chi connectivity index (χ3v) is 6.15. The fraction of sp³-hybridized carbons (Fsp3) is 0.417. The Hall–Kier alpha value is -0.830. The quantitative estimate of drug-likeness (QED) is 0.817. The number of rotatable bonds is 4. The molecule has 0 aliphatic carbocycles. The number of benzene rings is 1. The van der Waals surface area contributed by atoms with Crippen LogP contribution in [0.1, 0.15) is 12.8 Å². The lowest BCUT2D eigenvalue weighted by molar-refractivity contribution is -0.142. The topological polar surface area (TPSA) is 86.7 Å². The van der Waals surface area contributed by atoms with Crippen LogP contribution in [0.5, 0.6) is 0 Å². The van der Waals surface area contributed by atoms with Crippen LogP contribution < -0.4 is 4.72 Å². The third-order valence-electron chi connectivity index (χ3n) is 3.26. The number of carbonyl (C=O) groups is 1. The molecule has 2 N–H and O–H groups in total. The maximum atomic E-state index is 12.3. The first-order valence-electron chi connectivity index (χ1n) is 6.26. The van der Waals surface area contributed by atoms with E-state index in [0.29, 0.717) is 34.6 Å². The SMILES string of the molecule is O=C(O)C1CCCN(S(=O)(=O)Nc2cccc(Cl)c2Br)C1. The highest BCUT2D eigenvalue weighted by Crippen LogP contribution is 2.31. The summed E-state index contributed by atoms with van der Waals surface area (Å²) >= 11 is 9.14. The number of nitrogens with zero attached hydrogens (tertiary/aromatic N) is 1. The van der Waals surface area contributed by atoms with Crippen molar-refractivity contribution in [2.45, 2.75) is 12.8 Å². The molecular weight excluding hydrogens is 384 g/mol. The summed E-state index contributed by atoms with van der Waals surface area (Å²) in [6.07, 6.45) is 1.01. The van der Waals surface area contributed by atoms with E-state index in [-0.39, 0.29) is 6.54 Å². The molecule has 1 saturated heterocycles. The summed E-state index contributed by atoms with van der Waals surface area (Å²) in [6.45, 7) is 0.278. The standard InChI is InChI=1S/C12H14BrClN2O4S/c13-11-9(14)4-1-5-10(11)15-21(19,20)16-6-2-3-8(7-16)12(17)18/h1,4-5,8,15H,2-3,6-7H2,(H,17,18). The molecule has 1 aliphatic heterocycles. The lowest BCUT2D eigenvalue weighted by Crippen LogP contribution is -2.44. The van der Waals surface area contributed by atoms with E-state index >= 15 is 0 Å². The summed E-state index contributed by atoms with van der Waals surface area (Å²) in [5.41, 5.74) is 0.319. The number of aliphatic carboxylic acids is 1. The summed E-state index contributed by atoms with van der Waals surface area (Å²) in [4.78, 5) is 11.0. The van der Waals surface area contributed by atoms with Crippen molar-refractivity contribution in [1.82, 2.24) is 4.31 Å². The molecule has 1 heterocycles. The number of piperidine rings is 1. The van der Waals surface area contributed by atoms with Gasteiger partial charge >= 0.3 is 16.2 Å². The van der Waals surface area contributed by atoms with E-state index in [2.05, 4.69) is 20.7 Å². The summed E-state index contributed by atoms with van der Waals surface area (Å²) in [5.74, 6) is -1.64. The van der Waals surface area contributed by atoms with E-state index in [1.807, 2.05) is 0 Å². The van der Waals surface area contributed by atoms with E-state index in [4.69, 9.17) is 16.7 Å². The molecule has 0 spiro atoms. The van der Waals surface area contributed by atoms with Crippen molar-refractivity contribution in [1.29, 1.82) is 0 Å². The number of hydrogen-bond donors (Lipinski definition) is 2. The third kappa shape index (κ3) is 3.88. The van der Waals surface area contributed by atoms with Crippen LogP contribution in [0.15, 0.2) is 22.7 Å². The van der Waals surface area contributed by atoms with Crippen molar-refractivity contribution in [3.8, 4) is 0 Å². The minimum atomic E-state index is -3.81. The molecule has 1 aliphatic rings. The number of halogens is 2. The van der Waals surface area contributed by atoms with E-state index in [1.54, 1.807) is 18.2 Å². The summed E-state index contributed by atoms with van der Waals surface area (Å²) in [5, 5.41) is 9.41. The normalized spacial score (nSPS) is 20.2. The van der Waals surface area contributed by atoms with Gasteiger partial charge in [-0.05, 0) is 40.9 Å². The average molecular weight is 398 g/mol. The van der Waals surface area contributed by atoms with Crippen LogP contribution in [0.3, 0.4) is 0 Å². The fourth-order valence-electron chi connectivity index (χ4n) is 2.15. The molecule has 1 aromatic rings. The molecule has 9 heteroatoms. The van der Waals surface area contributed by atoms with E-state index in [0.717, 1.165) is 4.31 Å². The molecule has 0 amide bonds. The van der Waals surface area contributed by atoms with Gasteiger partial charge in [0.1, 0.15) is 0 Å². The van der Waals surface area contributed by atoms with Gasteiger partial charge in [0.05, 0.1) is 21.1 Å². The van der Waals surface area contributed by atoms with Crippen molar-refractivity contribution < 1.29 is 18.3 Å². The second-order valence-electron chi connectivity index (χ2n) is 4.74. The molecule has 2 rings (SSSR count). The van der Waals surface area contributed by atoms with Gasteiger partial charge in [-0.1, -0.05) is 17.7 Å². The molecule has 1 atom stereocenters. The zero-order valence-electron chi connectivity index (χ0n) is 10.9. The van der Waals surface area contributed by atoms with E-state index in [1.165, 1.54) is 0 Å². The Balaban J connectivity index is 2.18. The van der Waals surface area contributed by atoms with Gasteiger partial charge in [-0.3, -0.25) is 9.52 Å². The van der Waals surface area contributed by atoms with Gasteiger partial charge in [0, 0.05) is 13.1 Å². The number of hydrogen-bond acceptors (Lipinski definition) is 3. The smallest absolute Gasteiger partial charge is 0.307 e. The van der Waals surface area contributed by atoms with Crippen molar-refractivity contribution >= 4 is 49.4 Å². The lowest BCUT2D eigenvalue weighted by Gasteiger charge is -2.30. The van der Waals surface area contributed by atoms with Gasteiger partial charge < -0.3 is 5.11 Å². The van der Waals surface area contributed by atoms with Crippen LogP contribution in [0.4, 0.5) is 5.69 Å². The number of nitrogens with one attached hydrogen (secondary N) is 1. The minimum absolute atomic E-state index is 0.0249. The largest absolute Gasteiger partial charge is 0.481 e. The minimum Gasteiger partial charge on any atom is -0.481 e. The summed E-state index contributed by atoms with van der Waals surface area (Å²) < 4.78 is 28.7. The highest BCUT2D eigenvalue weighted by Gasteiger charge is 2.32. The Morgan fingerprint density at radius 3 is 2.86 bits per heavy atom.